The number of nitrogens with one attached hydrogen (secondary N) is 2. The maximum atomic E-state index is 12.9. The first-order valence-electron chi connectivity index (χ1n) is 9.99. The number of ether oxygens (including phenoxy) is 1. The van der Waals surface area contributed by atoms with Gasteiger partial charge in [0.2, 0.25) is 0 Å². The second-order valence-corrected chi connectivity index (χ2v) is 7.38. The summed E-state index contributed by atoms with van der Waals surface area (Å²) in [5, 5.41) is 6.54. The van der Waals surface area contributed by atoms with E-state index in [1.54, 1.807) is 7.11 Å². The van der Waals surface area contributed by atoms with E-state index in [1.807, 2.05) is 53.4 Å². The van der Waals surface area contributed by atoms with Gasteiger partial charge in [-0.1, -0.05) is 30.3 Å². The highest BCUT2D eigenvalue weighted by atomic mass is 16.5. The Morgan fingerprint density at radius 2 is 1.93 bits per heavy atom. The Morgan fingerprint density at radius 3 is 2.68 bits per heavy atom. The molecule has 2 amide bonds. The van der Waals surface area contributed by atoms with Gasteiger partial charge in [0.05, 0.1) is 12.8 Å². The minimum atomic E-state index is -0.0282. The number of anilines is 1. The molecule has 2 saturated heterocycles. The van der Waals surface area contributed by atoms with E-state index in [2.05, 4.69) is 15.5 Å². The number of piperazine rings is 1. The zero-order valence-corrected chi connectivity index (χ0v) is 16.4. The Balaban J connectivity index is 1.42. The van der Waals surface area contributed by atoms with Crippen molar-refractivity contribution in [2.75, 3.05) is 51.7 Å². The Hall–Kier alpha value is -2.57. The molecular weight excluding hydrogens is 352 g/mol. The van der Waals surface area contributed by atoms with Crippen molar-refractivity contribution < 1.29 is 9.53 Å². The molecule has 6 nitrogen and oxygen atoms in total. The van der Waals surface area contributed by atoms with Gasteiger partial charge in [-0.05, 0) is 36.7 Å². The van der Waals surface area contributed by atoms with Gasteiger partial charge in [0.25, 0.3) is 0 Å². The zero-order valence-electron chi connectivity index (χ0n) is 16.4. The minimum absolute atomic E-state index is 0.0282. The summed E-state index contributed by atoms with van der Waals surface area (Å²) in [6, 6.07) is 16.4. The Labute approximate surface area is 166 Å². The van der Waals surface area contributed by atoms with Crippen molar-refractivity contribution in [3.63, 3.8) is 0 Å². The molecule has 1 atom stereocenters. The number of carbonyl (C=O) groups is 1. The topological polar surface area (TPSA) is 56.8 Å². The Morgan fingerprint density at radius 1 is 1.11 bits per heavy atom. The summed E-state index contributed by atoms with van der Waals surface area (Å²) in [5.41, 5.74) is 2.84. The predicted octanol–water partition coefficient (Wildman–Crippen LogP) is 2.87. The van der Waals surface area contributed by atoms with Crippen LogP contribution < -0.4 is 15.4 Å². The third kappa shape index (κ3) is 4.13. The molecule has 0 spiro atoms. The molecule has 2 fully saturated rings. The lowest BCUT2D eigenvalue weighted by Crippen LogP contribution is -2.53. The average Bonchev–Trinajstić information content (AvgIpc) is 3.29. The van der Waals surface area contributed by atoms with E-state index in [9.17, 15) is 4.79 Å². The lowest BCUT2D eigenvalue weighted by molar-refractivity contribution is 0.119. The van der Waals surface area contributed by atoms with Gasteiger partial charge >= 0.3 is 6.03 Å². The van der Waals surface area contributed by atoms with E-state index in [4.69, 9.17) is 4.74 Å². The van der Waals surface area contributed by atoms with Crippen molar-refractivity contribution in [3.05, 3.63) is 48.5 Å². The molecule has 6 heteroatoms. The number of methoxy groups -OCH3 is 1. The summed E-state index contributed by atoms with van der Waals surface area (Å²) >= 11 is 0. The van der Waals surface area contributed by atoms with Crippen molar-refractivity contribution in [1.29, 1.82) is 0 Å². The standard InChI is InChI=1S/C22H28N4O2/c1-28-19-6-4-5-17(15-19)20-7-2-3-8-21(20)24-22(27)26-13-11-25(12-14-26)18-9-10-23-16-18/h2-8,15,18,23H,9-14,16H2,1H3,(H,24,27). The van der Waals surface area contributed by atoms with Crippen LogP contribution in [0.3, 0.4) is 0 Å². The molecule has 2 aliphatic rings. The molecule has 2 aliphatic heterocycles. The maximum Gasteiger partial charge on any atom is 0.321 e. The number of urea groups is 1. The van der Waals surface area contributed by atoms with Crippen LogP contribution in [0.4, 0.5) is 10.5 Å². The number of benzene rings is 2. The van der Waals surface area contributed by atoms with Crippen molar-refractivity contribution in [3.8, 4) is 16.9 Å². The smallest absolute Gasteiger partial charge is 0.321 e. The summed E-state index contributed by atoms with van der Waals surface area (Å²) in [4.78, 5) is 17.3. The minimum Gasteiger partial charge on any atom is -0.497 e. The van der Waals surface area contributed by atoms with Crippen LogP contribution in [-0.4, -0.2) is 68.3 Å². The Kier molecular flexibility index (Phi) is 5.78. The van der Waals surface area contributed by atoms with Gasteiger partial charge in [0.1, 0.15) is 5.75 Å². The lowest BCUT2D eigenvalue weighted by Gasteiger charge is -2.37. The number of hydrogen-bond donors (Lipinski definition) is 2. The van der Waals surface area contributed by atoms with Crippen LogP contribution in [0.15, 0.2) is 48.5 Å². The molecule has 0 radical (unpaired) electrons. The van der Waals surface area contributed by atoms with E-state index >= 15 is 0 Å². The molecule has 2 N–H and O–H groups in total. The van der Waals surface area contributed by atoms with Gasteiger partial charge in [-0.3, -0.25) is 4.90 Å². The highest BCUT2D eigenvalue weighted by Crippen LogP contribution is 2.30. The summed E-state index contributed by atoms with van der Waals surface area (Å²) < 4.78 is 5.34. The fraction of sp³-hybridized carbons (Fsp3) is 0.409. The van der Waals surface area contributed by atoms with Gasteiger partial charge in [-0.25, -0.2) is 4.79 Å². The van der Waals surface area contributed by atoms with Gasteiger partial charge in [-0.15, -0.1) is 0 Å². The maximum absolute atomic E-state index is 12.9. The van der Waals surface area contributed by atoms with Crippen LogP contribution in [0, 0.1) is 0 Å². The molecule has 0 aromatic heterocycles. The van der Waals surface area contributed by atoms with Crippen LogP contribution in [0.1, 0.15) is 6.42 Å². The molecule has 2 heterocycles. The highest BCUT2D eigenvalue weighted by molar-refractivity contribution is 5.94. The van der Waals surface area contributed by atoms with E-state index < -0.39 is 0 Å². The van der Waals surface area contributed by atoms with Crippen LogP contribution in [-0.2, 0) is 0 Å². The van der Waals surface area contributed by atoms with E-state index in [1.165, 1.54) is 6.42 Å². The molecule has 0 bridgehead atoms. The zero-order chi connectivity index (χ0) is 19.3. The van der Waals surface area contributed by atoms with Crippen LogP contribution >= 0.6 is 0 Å². The van der Waals surface area contributed by atoms with Crippen LogP contribution in [0.25, 0.3) is 11.1 Å². The number of para-hydroxylation sites is 1. The van der Waals surface area contributed by atoms with Crippen molar-refractivity contribution in [2.45, 2.75) is 12.5 Å². The second-order valence-electron chi connectivity index (χ2n) is 7.38. The van der Waals surface area contributed by atoms with Gasteiger partial charge in [0.15, 0.2) is 0 Å². The van der Waals surface area contributed by atoms with Crippen molar-refractivity contribution in [1.82, 2.24) is 15.1 Å². The van der Waals surface area contributed by atoms with E-state index in [-0.39, 0.29) is 6.03 Å². The second kappa shape index (κ2) is 8.63. The summed E-state index contributed by atoms with van der Waals surface area (Å²) in [6.45, 7) is 5.59. The molecule has 28 heavy (non-hydrogen) atoms. The number of nitrogens with zero attached hydrogens (tertiary/aromatic N) is 2. The molecule has 1 unspecified atom stereocenters. The first-order chi connectivity index (χ1) is 13.7. The van der Waals surface area contributed by atoms with Crippen molar-refractivity contribution >= 4 is 11.7 Å². The fourth-order valence-corrected chi connectivity index (χ4v) is 4.07. The van der Waals surface area contributed by atoms with Crippen LogP contribution in [0.2, 0.25) is 0 Å². The number of hydrogen-bond acceptors (Lipinski definition) is 4. The highest BCUT2D eigenvalue weighted by Gasteiger charge is 2.28. The number of rotatable bonds is 4. The van der Waals surface area contributed by atoms with Gasteiger partial charge in [-0.2, -0.15) is 0 Å². The first kappa shape index (κ1) is 18.8. The SMILES string of the molecule is COc1cccc(-c2ccccc2NC(=O)N2CCN(C3CCNC3)CC2)c1. The molecular formula is C22H28N4O2. The summed E-state index contributed by atoms with van der Waals surface area (Å²) in [6.07, 6.45) is 1.21. The van der Waals surface area contributed by atoms with E-state index in [0.29, 0.717) is 6.04 Å². The van der Waals surface area contributed by atoms with Crippen LogP contribution in [0.5, 0.6) is 5.75 Å². The number of amides is 2. The first-order valence-corrected chi connectivity index (χ1v) is 9.99. The third-order valence-electron chi connectivity index (χ3n) is 5.70. The predicted molar refractivity (Wildman–Crippen MR) is 112 cm³/mol. The molecule has 0 saturated carbocycles. The molecule has 2 aromatic rings. The number of carbonyl (C=O) groups excluding carboxylic acids is 1. The fourth-order valence-electron chi connectivity index (χ4n) is 4.07. The average molecular weight is 380 g/mol. The Bertz CT molecular complexity index is 812. The summed E-state index contributed by atoms with van der Waals surface area (Å²) in [5.74, 6) is 0.802. The molecule has 148 valence electrons. The molecule has 4 rings (SSSR count). The van der Waals surface area contributed by atoms with E-state index in [0.717, 1.165) is 61.8 Å². The van der Waals surface area contributed by atoms with Gasteiger partial charge < -0.3 is 20.3 Å². The largest absolute Gasteiger partial charge is 0.497 e. The molecule has 2 aromatic carbocycles. The quantitative estimate of drug-likeness (QED) is 0.856. The summed E-state index contributed by atoms with van der Waals surface area (Å²) in [7, 11) is 1.66. The monoisotopic (exact) mass is 380 g/mol. The molecule has 0 aliphatic carbocycles. The lowest BCUT2D eigenvalue weighted by atomic mass is 10.0. The third-order valence-corrected chi connectivity index (χ3v) is 5.70. The van der Waals surface area contributed by atoms with Crippen molar-refractivity contribution in [2.24, 2.45) is 0 Å². The van der Waals surface area contributed by atoms with Gasteiger partial charge in [0, 0.05) is 44.3 Å². The normalized spacial score (nSPS) is 20.2.